The summed E-state index contributed by atoms with van der Waals surface area (Å²) < 4.78 is 6.14. The molecule has 0 saturated heterocycles. The first kappa shape index (κ1) is 16.2. The lowest BCUT2D eigenvalue weighted by Crippen LogP contribution is -2.46. The fourth-order valence-electron chi connectivity index (χ4n) is 3.15. The first-order valence-electron chi connectivity index (χ1n) is 8.00. The Balaban J connectivity index is 2.60. The molecule has 0 N–H and O–H groups in total. The lowest BCUT2D eigenvalue weighted by atomic mass is 9.92. The minimum atomic E-state index is -1.22. The Labute approximate surface area is 116 Å². The molecule has 0 spiro atoms. The van der Waals surface area contributed by atoms with Crippen LogP contribution in [-0.4, -0.2) is 20.4 Å². The third-order valence-corrected chi connectivity index (χ3v) is 6.35. The molecule has 1 fully saturated rings. The van der Waals surface area contributed by atoms with Crippen LogP contribution in [0.5, 0.6) is 0 Å². The Morgan fingerprint density at radius 1 is 1.06 bits per heavy atom. The van der Waals surface area contributed by atoms with Crippen LogP contribution in [0, 0.1) is 12.3 Å². The Bertz CT molecular complexity index is 200. The van der Waals surface area contributed by atoms with Crippen molar-refractivity contribution in [3.05, 3.63) is 6.42 Å². The SMILES string of the molecule is CCOC(C1[CH]CCCCCCCC1)[Si](C)(C)C. The summed E-state index contributed by atoms with van der Waals surface area (Å²) in [6.07, 6.45) is 13.8. The van der Waals surface area contributed by atoms with E-state index in [-0.39, 0.29) is 0 Å². The van der Waals surface area contributed by atoms with Gasteiger partial charge in [-0.15, -0.1) is 0 Å². The smallest absolute Gasteiger partial charge is 0.0789 e. The maximum atomic E-state index is 6.14. The van der Waals surface area contributed by atoms with Crippen molar-refractivity contribution in [3.63, 3.8) is 0 Å². The van der Waals surface area contributed by atoms with Crippen molar-refractivity contribution >= 4 is 8.07 Å². The average Bonchev–Trinajstić information content (AvgIpc) is 2.32. The second-order valence-electron chi connectivity index (χ2n) is 6.84. The molecule has 18 heavy (non-hydrogen) atoms. The molecule has 2 unspecified atom stereocenters. The third-order valence-electron chi connectivity index (χ3n) is 4.05. The summed E-state index contributed by atoms with van der Waals surface area (Å²) in [4.78, 5) is 0. The van der Waals surface area contributed by atoms with Gasteiger partial charge in [-0.05, 0) is 32.1 Å². The molecule has 2 atom stereocenters. The van der Waals surface area contributed by atoms with E-state index in [0.29, 0.717) is 5.73 Å². The van der Waals surface area contributed by atoms with Crippen LogP contribution in [0.4, 0.5) is 0 Å². The van der Waals surface area contributed by atoms with Crippen LogP contribution >= 0.6 is 0 Å². The van der Waals surface area contributed by atoms with E-state index < -0.39 is 8.07 Å². The van der Waals surface area contributed by atoms with Crippen LogP contribution in [0.2, 0.25) is 19.6 Å². The molecule has 0 aromatic rings. The van der Waals surface area contributed by atoms with Crippen LogP contribution in [0.3, 0.4) is 0 Å². The quantitative estimate of drug-likeness (QED) is 0.635. The fourth-order valence-corrected chi connectivity index (χ4v) is 5.41. The molecule has 107 valence electrons. The van der Waals surface area contributed by atoms with E-state index in [9.17, 15) is 0 Å². The summed E-state index contributed by atoms with van der Waals surface area (Å²) in [6.45, 7) is 10.4. The predicted molar refractivity (Wildman–Crippen MR) is 83.5 cm³/mol. The lowest BCUT2D eigenvalue weighted by Gasteiger charge is -2.36. The van der Waals surface area contributed by atoms with Gasteiger partial charge in [0.15, 0.2) is 0 Å². The second-order valence-corrected chi connectivity index (χ2v) is 12.1. The van der Waals surface area contributed by atoms with Crippen LogP contribution in [-0.2, 0) is 4.74 Å². The first-order chi connectivity index (χ1) is 8.55. The van der Waals surface area contributed by atoms with Gasteiger partial charge in [-0.25, -0.2) is 0 Å². The summed E-state index contributed by atoms with van der Waals surface area (Å²) in [5.41, 5.74) is 0.530. The van der Waals surface area contributed by atoms with Crippen LogP contribution < -0.4 is 0 Å². The highest BCUT2D eigenvalue weighted by atomic mass is 28.3. The van der Waals surface area contributed by atoms with Gasteiger partial charge in [-0.2, -0.15) is 0 Å². The third kappa shape index (κ3) is 5.88. The Morgan fingerprint density at radius 3 is 2.28 bits per heavy atom. The Morgan fingerprint density at radius 2 is 1.67 bits per heavy atom. The van der Waals surface area contributed by atoms with Crippen LogP contribution in [0.1, 0.15) is 58.3 Å². The molecule has 0 aromatic heterocycles. The number of rotatable bonds is 4. The lowest BCUT2D eigenvalue weighted by molar-refractivity contribution is 0.0736. The minimum Gasteiger partial charge on any atom is -0.382 e. The van der Waals surface area contributed by atoms with Crippen molar-refractivity contribution in [3.8, 4) is 0 Å². The summed E-state index contributed by atoms with van der Waals surface area (Å²) in [6, 6.07) is 0. The molecule has 1 nitrogen and oxygen atoms in total. The zero-order chi connectivity index (χ0) is 13.4. The monoisotopic (exact) mass is 269 g/mol. The first-order valence-corrected chi connectivity index (χ1v) is 11.6. The summed E-state index contributed by atoms with van der Waals surface area (Å²) >= 11 is 0. The maximum Gasteiger partial charge on any atom is 0.0789 e. The minimum absolute atomic E-state index is 0.530. The number of ether oxygens (including phenoxy) is 1. The van der Waals surface area contributed by atoms with E-state index >= 15 is 0 Å². The van der Waals surface area contributed by atoms with Crippen LogP contribution in [0.15, 0.2) is 0 Å². The Hall–Kier alpha value is 0.177. The molecular formula is C16H33OSi. The van der Waals surface area contributed by atoms with E-state index in [1.165, 1.54) is 51.4 Å². The van der Waals surface area contributed by atoms with Crippen molar-refractivity contribution in [1.82, 2.24) is 0 Å². The molecule has 1 saturated carbocycles. The molecule has 0 aromatic carbocycles. The van der Waals surface area contributed by atoms with Gasteiger partial charge < -0.3 is 4.74 Å². The number of hydrogen-bond donors (Lipinski definition) is 0. The van der Waals surface area contributed by atoms with Crippen molar-refractivity contribution < 1.29 is 4.74 Å². The number of hydrogen-bond acceptors (Lipinski definition) is 1. The predicted octanol–water partition coefficient (Wildman–Crippen LogP) is 5.22. The summed E-state index contributed by atoms with van der Waals surface area (Å²) in [7, 11) is -1.22. The van der Waals surface area contributed by atoms with Gasteiger partial charge in [0.2, 0.25) is 0 Å². The molecular weight excluding hydrogens is 236 g/mol. The molecule has 1 radical (unpaired) electrons. The van der Waals surface area contributed by atoms with E-state index in [1.54, 1.807) is 0 Å². The maximum absolute atomic E-state index is 6.14. The van der Waals surface area contributed by atoms with Gasteiger partial charge >= 0.3 is 0 Å². The van der Waals surface area contributed by atoms with E-state index in [1.807, 2.05) is 0 Å². The molecule has 0 bridgehead atoms. The topological polar surface area (TPSA) is 9.23 Å². The summed E-state index contributed by atoms with van der Waals surface area (Å²) in [5, 5.41) is 0. The van der Waals surface area contributed by atoms with Gasteiger partial charge in [-0.1, -0.05) is 58.2 Å². The summed E-state index contributed by atoms with van der Waals surface area (Å²) in [5.74, 6) is 0.717. The molecule has 0 aliphatic heterocycles. The molecule has 0 amide bonds. The molecule has 1 aliphatic carbocycles. The van der Waals surface area contributed by atoms with E-state index in [0.717, 1.165) is 12.5 Å². The highest BCUT2D eigenvalue weighted by molar-refractivity contribution is 6.77. The Kier molecular flexibility index (Phi) is 7.55. The molecule has 0 heterocycles. The van der Waals surface area contributed by atoms with E-state index in [4.69, 9.17) is 4.74 Å². The van der Waals surface area contributed by atoms with Gasteiger partial charge in [-0.3, -0.25) is 0 Å². The molecule has 1 rings (SSSR count). The fraction of sp³-hybridized carbons (Fsp3) is 0.938. The zero-order valence-electron chi connectivity index (χ0n) is 13.0. The van der Waals surface area contributed by atoms with E-state index in [2.05, 4.69) is 33.0 Å². The van der Waals surface area contributed by atoms with Crippen molar-refractivity contribution in [2.45, 2.75) is 83.7 Å². The van der Waals surface area contributed by atoms with Crippen molar-refractivity contribution in [2.75, 3.05) is 6.61 Å². The van der Waals surface area contributed by atoms with Gasteiger partial charge in [0, 0.05) is 6.61 Å². The molecule has 1 aliphatic rings. The van der Waals surface area contributed by atoms with Gasteiger partial charge in [0.1, 0.15) is 0 Å². The zero-order valence-corrected chi connectivity index (χ0v) is 14.0. The normalized spacial score (nSPS) is 22.7. The highest BCUT2D eigenvalue weighted by Crippen LogP contribution is 2.29. The van der Waals surface area contributed by atoms with Crippen LogP contribution in [0.25, 0.3) is 0 Å². The standard InChI is InChI=1S/C16H33OSi/c1-5-17-16(18(2,3)4)15-13-11-9-7-6-8-10-12-14-15/h13,15-16H,5-12,14H2,1-4H3. The highest BCUT2D eigenvalue weighted by Gasteiger charge is 2.33. The van der Waals surface area contributed by atoms with Gasteiger partial charge in [0.25, 0.3) is 0 Å². The van der Waals surface area contributed by atoms with Gasteiger partial charge in [0.05, 0.1) is 13.8 Å². The molecule has 2 heteroatoms. The largest absolute Gasteiger partial charge is 0.382 e. The van der Waals surface area contributed by atoms with Crippen molar-refractivity contribution in [2.24, 2.45) is 5.92 Å². The average molecular weight is 270 g/mol. The van der Waals surface area contributed by atoms with Crippen molar-refractivity contribution in [1.29, 1.82) is 0 Å². The second kappa shape index (κ2) is 8.37.